The molecule has 0 saturated heterocycles. The van der Waals surface area contributed by atoms with Gasteiger partial charge in [0, 0.05) is 6.20 Å². The van der Waals surface area contributed by atoms with Crippen molar-refractivity contribution in [1.82, 2.24) is 4.98 Å². The molecule has 1 aromatic carbocycles. The molecular formula is C21H22FN3O3S. The maximum absolute atomic E-state index is 14.1. The van der Waals surface area contributed by atoms with Gasteiger partial charge in [0.05, 0.1) is 16.6 Å². The molecule has 3 N–H and O–H groups in total. The lowest BCUT2D eigenvalue weighted by Crippen LogP contribution is -2.26. The number of anilines is 1. The Labute approximate surface area is 173 Å². The van der Waals surface area contributed by atoms with Gasteiger partial charge in [0.25, 0.3) is 0 Å². The first-order valence-electron chi connectivity index (χ1n) is 9.21. The Morgan fingerprint density at radius 1 is 1.41 bits per heavy atom. The summed E-state index contributed by atoms with van der Waals surface area (Å²) in [4.78, 5) is 17.8. The molecule has 3 aromatic rings. The van der Waals surface area contributed by atoms with E-state index in [9.17, 15) is 9.18 Å². The van der Waals surface area contributed by atoms with Gasteiger partial charge in [0.2, 0.25) is 5.78 Å². The molecule has 0 saturated carbocycles. The first kappa shape index (κ1) is 20.7. The number of ketones is 1. The number of halogens is 1. The third-order valence-corrected chi connectivity index (χ3v) is 4.61. The standard InChI is InChI=1S/C21H22FN3O3S/c1-4-14(22)12(3)28-17-7-5-6-15(25-21(23)29)18(17)20(26)19-13-10-11(2)27-16(13)8-9-24-19/h5-10,12,14H,4H2,1-3H3,(H3,23,25,29). The first-order chi connectivity index (χ1) is 13.8. The number of fused-ring (bicyclic) bond motifs is 1. The van der Waals surface area contributed by atoms with E-state index in [1.54, 1.807) is 51.1 Å². The van der Waals surface area contributed by atoms with Crippen LogP contribution in [-0.4, -0.2) is 28.2 Å². The minimum Gasteiger partial charge on any atom is -0.487 e. The summed E-state index contributed by atoms with van der Waals surface area (Å²) in [5, 5.41) is 3.37. The Morgan fingerprint density at radius 2 is 2.17 bits per heavy atom. The number of carbonyl (C=O) groups is 1. The molecule has 0 bridgehead atoms. The maximum Gasteiger partial charge on any atom is 0.217 e. The van der Waals surface area contributed by atoms with Crippen LogP contribution in [0.15, 0.2) is 40.9 Å². The molecular weight excluding hydrogens is 393 g/mol. The topological polar surface area (TPSA) is 90.4 Å². The number of hydrogen-bond acceptors (Lipinski definition) is 5. The average molecular weight is 415 g/mol. The van der Waals surface area contributed by atoms with E-state index in [2.05, 4.69) is 10.3 Å². The van der Waals surface area contributed by atoms with Crippen molar-refractivity contribution in [2.24, 2.45) is 5.73 Å². The predicted octanol–water partition coefficient (Wildman–Crippen LogP) is 4.54. The molecule has 6 nitrogen and oxygen atoms in total. The number of nitrogens with two attached hydrogens (primary N) is 1. The van der Waals surface area contributed by atoms with Crippen LogP contribution >= 0.6 is 12.2 Å². The number of carbonyl (C=O) groups excluding carboxylic acids is 1. The second kappa shape index (κ2) is 8.57. The van der Waals surface area contributed by atoms with E-state index in [-0.39, 0.29) is 22.1 Å². The number of furan rings is 1. The van der Waals surface area contributed by atoms with Crippen molar-refractivity contribution >= 4 is 39.8 Å². The molecule has 0 amide bonds. The second-order valence-electron chi connectivity index (χ2n) is 6.67. The van der Waals surface area contributed by atoms with Gasteiger partial charge in [-0.05, 0) is 56.8 Å². The highest BCUT2D eigenvalue weighted by Gasteiger charge is 2.26. The summed E-state index contributed by atoms with van der Waals surface area (Å²) in [5.74, 6) is 0.466. The van der Waals surface area contributed by atoms with Gasteiger partial charge in [-0.25, -0.2) is 4.39 Å². The SMILES string of the molecule is CCC(F)C(C)Oc1cccc(NC(N)=S)c1C(=O)c1nccc2oc(C)cc12. The number of thiocarbonyl (C=S) groups is 1. The highest BCUT2D eigenvalue weighted by atomic mass is 32.1. The zero-order valence-electron chi connectivity index (χ0n) is 16.4. The summed E-state index contributed by atoms with van der Waals surface area (Å²) in [6, 6.07) is 8.37. The van der Waals surface area contributed by atoms with Gasteiger partial charge in [-0.1, -0.05) is 13.0 Å². The second-order valence-corrected chi connectivity index (χ2v) is 7.11. The minimum atomic E-state index is -1.18. The molecule has 0 aliphatic carbocycles. The molecule has 0 fully saturated rings. The Kier molecular flexibility index (Phi) is 6.12. The van der Waals surface area contributed by atoms with Gasteiger partial charge in [-0.3, -0.25) is 9.78 Å². The van der Waals surface area contributed by atoms with Gasteiger partial charge in [-0.15, -0.1) is 0 Å². The monoisotopic (exact) mass is 415 g/mol. The number of hydrogen-bond donors (Lipinski definition) is 2. The minimum absolute atomic E-state index is 0.00787. The van der Waals surface area contributed by atoms with Crippen molar-refractivity contribution in [3.63, 3.8) is 0 Å². The van der Waals surface area contributed by atoms with E-state index in [0.29, 0.717) is 28.8 Å². The Hall–Kier alpha value is -3.00. The largest absolute Gasteiger partial charge is 0.487 e. The summed E-state index contributed by atoms with van der Waals surface area (Å²) in [6.45, 7) is 5.14. The molecule has 2 aromatic heterocycles. The van der Waals surface area contributed by atoms with Crippen LogP contribution < -0.4 is 15.8 Å². The molecule has 2 unspecified atom stereocenters. The van der Waals surface area contributed by atoms with E-state index >= 15 is 0 Å². The zero-order chi connectivity index (χ0) is 21.1. The summed E-state index contributed by atoms with van der Waals surface area (Å²) in [5.41, 5.74) is 6.90. The van der Waals surface area contributed by atoms with Crippen LogP contribution in [0.25, 0.3) is 11.0 Å². The van der Waals surface area contributed by atoms with Crippen LogP contribution in [0.1, 0.15) is 42.1 Å². The number of alkyl halides is 1. The van der Waals surface area contributed by atoms with Crippen LogP contribution in [0.2, 0.25) is 0 Å². The molecule has 0 aliphatic rings. The number of nitrogens with one attached hydrogen (secondary N) is 1. The number of aromatic nitrogens is 1. The highest BCUT2D eigenvalue weighted by molar-refractivity contribution is 7.80. The fourth-order valence-electron chi connectivity index (χ4n) is 3.10. The van der Waals surface area contributed by atoms with Crippen LogP contribution in [0.4, 0.5) is 10.1 Å². The molecule has 2 atom stereocenters. The summed E-state index contributed by atoms with van der Waals surface area (Å²) in [7, 11) is 0. The molecule has 3 rings (SSSR count). The van der Waals surface area contributed by atoms with Crippen LogP contribution in [0.5, 0.6) is 5.75 Å². The lowest BCUT2D eigenvalue weighted by Gasteiger charge is -2.21. The van der Waals surface area contributed by atoms with Gasteiger partial charge in [0.15, 0.2) is 5.11 Å². The van der Waals surface area contributed by atoms with E-state index < -0.39 is 18.1 Å². The molecule has 8 heteroatoms. The van der Waals surface area contributed by atoms with Crippen molar-refractivity contribution in [3.8, 4) is 5.75 Å². The Balaban J connectivity index is 2.14. The fourth-order valence-corrected chi connectivity index (χ4v) is 3.21. The zero-order valence-corrected chi connectivity index (χ0v) is 17.2. The van der Waals surface area contributed by atoms with Crippen LogP contribution in [-0.2, 0) is 0 Å². The highest BCUT2D eigenvalue weighted by Crippen LogP contribution is 2.32. The molecule has 152 valence electrons. The van der Waals surface area contributed by atoms with Crippen molar-refractivity contribution in [2.45, 2.75) is 39.5 Å². The molecule has 0 spiro atoms. The predicted molar refractivity (Wildman–Crippen MR) is 114 cm³/mol. The van der Waals surface area contributed by atoms with Crippen molar-refractivity contribution < 1.29 is 18.3 Å². The van der Waals surface area contributed by atoms with Crippen molar-refractivity contribution in [3.05, 3.63) is 53.5 Å². The summed E-state index contributed by atoms with van der Waals surface area (Å²) in [6.07, 6.45) is -0.125. The van der Waals surface area contributed by atoms with Crippen molar-refractivity contribution in [1.29, 1.82) is 0 Å². The van der Waals surface area contributed by atoms with Gasteiger partial charge in [0.1, 0.15) is 35.1 Å². The quantitative estimate of drug-likeness (QED) is 0.432. The van der Waals surface area contributed by atoms with E-state index in [1.165, 1.54) is 6.20 Å². The van der Waals surface area contributed by atoms with Crippen molar-refractivity contribution in [2.75, 3.05) is 5.32 Å². The summed E-state index contributed by atoms with van der Waals surface area (Å²) >= 11 is 4.94. The third-order valence-electron chi connectivity index (χ3n) is 4.51. The van der Waals surface area contributed by atoms with Crippen LogP contribution in [0.3, 0.4) is 0 Å². The fraction of sp³-hybridized carbons (Fsp3) is 0.286. The number of pyridine rings is 1. The average Bonchev–Trinajstić information content (AvgIpc) is 3.06. The molecule has 0 aliphatic heterocycles. The Morgan fingerprint density at radius 3 is 2.86 bits per heavy atom. The van der Waals surface area contributed by atoms with E-state index in [0.717, 1.165) is 0 Å². The molecule has 0 radical (unpaired) electrons. The number of benzene rings is 1. The molecule has 2 heterocycles. The lowest BCUT2D eigenvalue weighted by atomic mass is 10.0. The van der Waals surface area contributed by atoms with E-state index in [1.807, 2.05) is 0 Å². The number of rotatable bonds is 7. The number of ether oxygens (including phenoxy) is 1. The third kappa shape index (κ3) is 4.37. The van der Waals surface area contributed by atoms with E-state index in [4.69, 9.17) is 27.1 Å². The smallest absolute Gasteiger partial charge is 0.217 e. The number of nitrogens with zero attached hydrogens (tertiary/aromatic N) is 1. The van der Waals surface area contributed by atoms with Crippen LogP contribution in [0, 0.1) is 6.92 Å². The summed E-state index contributed by atoms with van der Waals surface area (Å²) < 4.78 is 25.5. The normalized spacial score (nSPS) is 13.1. The van der Waals surface area contributed by atoms with Gasteiger partial charge in [-0.2, -0.15) is 0 Å². The lowest BCUT2D eigenvalue weighted by molar-refractivity contribution is 0.0990. The Bertz CT molecular complexity index is 1070. The maximum atomic E-state index is 14.1. The number of aryl methyl sites for hydroxylation is 1. The first-order valence-corrected chi connectivity index (χ1v) is 9.62. The molecule has 29 heavy (non-hydrogen) atoms. The van der Waals surface area contributed by atoms with Gasteiger partial charge >= 0.3 is 0 Å². The van der Waals surface area contributed by atoms with Gasteiger partial charge < -0.3 is 20.2 Å².